The molecule has 48 heteroatoms. The lowest BCUT2D eigenvalue weighted by atomic mass is 10.0. The molecule has 8 bridgehead atoms. The summed E-state index contributed by atoms with van der Waals surface area (Å²) in [4.78, 5) is 106. The van der Waals surface area contributed by atoms with Gasteiger partial charge in [0.15, 0.2) is 0 Å². The molecule has 9 aliphatic heterocycles. The average Bonchev–Trinajstić information content (AvgIpc) is 1.62. The number of aromatic nitrogens is 8. The van der Waals surface area contributed by atoms with Crippen molar-refractivity contribution in [2.24, 2.45) is 0 Å². The van der Waals surface area contributed by atoms with E-state index in [1.54, 1.807) is 45.3 Å². The minimum atomic E-state index is -5.07. The van der Waals surface area contributed by atoms with Gasteiger partial charge in [0.25, 0.3) is 0 Å². The average molecular weight is 2020 g/mol. The molecule has 13 heterocycles. The third-order valence-electron chi connectivity index (χ3n) is 27.6. The van der Waals surface area contributed by atoms with Crippen LogP contribution in [0.25, 0.3) is 0 Å². The van der Waals surface area contributed by atoms with Gasteiger partial charge >= 0.3 is 52.8 Å². The standard InChI is InChI=1S/C26H35N5O5.C19H29N5O8S.C19H29N5O5.C16H36N.C13H20N6O6S/c1-26(2,3)36-25(33)29(19-11-7-8-12-19)16-22-27-28-23(35-22)21-14-13-20-15-30(21)24(32)31(20)34-17-18-9-5-4-6-10-18;1-19(2,3)31-18(26)22(12-6-4-5-7-12)11-15-20-21-16(30-15)14-9-8-13-10-23(14)17(25)24(13)32-33(27,28)29;1-19(2,3)29-18(26)22(12-6-4-5-7-12)11-15-20-21-16(28-15)14-9-8-13-10-23(14)17(25)24(13)27;1-5-9-13-17(14-10-6-2,15-11-7-3)16-12-8-4;20-13-18-7-9(19(13)25-26(21,22)23)1-2-10(18)12-17-16-11(24-12)6-15-8-3-4-14-5-8/h4-6,9-10,19-21H,7-8,11-17H2,1-3H3;12-14H,4-11H2,1-3H3,(H,27,28,29);12-14,27H,4-11H2,1-3H3;5-16H2,1-4H3;8-10,14-15H,1-7H2,(H,21,22,23)/q;;;+1;/p-1/t20-,21+;2*13-,14+;;8-,9-,10+/m111.1/s1. The third-order valence-corrected chi connectivity index (χ3v) is 28.3. The molecule has 12 fully saturated rings. The molecule has 4 aromatic heterocycles. The number of unbranched alkanes of at least 4 members (excludes halogenated alkanes) is 4. The first-order valence-electron chi connectivity index (χ1n) is 50.7. The molecule has 9 saturated heterocycles. The van der Waals surface area contributed by atoms with Crippen LogP contribution in [-0.4, -0.2) is 304 Å². The van der Waals surface area contributed by atoms with Gasteiger partial charge in [0.2, 0.25) is 57.5 Å². The van der Waals surface area contributed by atoms with Crippen LogP contribution < -0.4 is 10.6 Å². The summed E-state index contributed by atoms with van der Waals surface area (Å²) in [6.07, 6.45) is 27.4. The van der Waals surface area contributed by atoms with Gasteiger partial charge in [0.1, 0.15) is 67.2 Å². The molecular formula is C93H148N22O24S2. The molecule has 4 N–H and O–H groups in total. The van der Waals surface area contributed by atoms with E-state index in [9.17, 15) is 60.2 Å². The number of hydrogen-bond acceptors (Lipinski definition) is 33. The Morgan fingerprint density at radius 2 is 0.794 bits per heavy atom. The lowest BCUT2D eigenvalue weighted by Crippen LogP contribution is -2.50. The number of hydrogen-bond donors (Lipinski definition) is 4. The number of carbonyl (C=O) groups excluding carboxylic acids is 7. The van der Waals surface area contributed by atoms with E-state index in [4.69, 9.17) is 41.3 Å². The van der Waals surface area contributed by atoms with Crippen LogP contribution in [0.3, 0.4) is 0 Å². The fraction of sp³-hybridized carbons (Fsp3) is 0.774. The molecular weight excluding hydrogens is 1870 g/mol. The van der Waals surface area contributed by atoms with Crippen molar-refractivity contribution in [1.29, 1.82) is 0 Å². The van der Waals surface area contributed by atoms with Crippen LogP contribution in [0, 0.1) is 0 Å². The summed E-state index contributed by atoms with van der Waals surface area (Å²) in [6.45, 7) is 36.1. The summed E-state index contributed by atoms with van der Waals surface area (Å²) in [5.74, 6) is 2.57. The van der Waals surface area contributed by atoms with Crippen molar-refractivity contribution in [2.45, 2.75) is 398 Å². The van der Waals surface area contributed by atoms with Gasteiger partial charge in [-0.1, -0.05) is 122 Å². The molecule has 0 radical (unpaired) electrons. The van der Waals surface area contributed by atoms with Crippen LogP contribution in [-0.2, 0) is 81.2 Å². The largest absolute Gasteiger partial charge is 0.724 e. The van der Waals surface area contributed by atoms with Crippen molar-refractivity contribution >= 4 is 63.2 Å². The van der Waals surface area contributed by atoms with Gasteiger partial charge in [-0.25, -0.2) is 47.0 Å². The maximum atomic E-state index is 13.1. The summed E-state index contributed by atoms with van der Waals surface area (Å²) in [6, 6.07) is 5.53. The summed E-state index contributed by atoms with van der Waals surface area (Å²) in [5, 5.41) is 53.0. The molecule has 46 nitrogen and oxygen atoms in total. The van der Waals surface area contributed by atoms with E-state index in [2.05, 4.69) is 87.7 Å². The molecule has 12 aliphatic rings. The number of urea groups is 4. The Morgan fingerprint density at radius 3 is 1.14 bits per heavy atom. The predicted octanol–water partition coefficient (Wildman–Crippen LogP) is 14.2. The molecule has 141 heavy (non-hydrogen) atoms. The number of carbonyl (C=O) groups is 7. The van der Waals surface area contributed by atoms with E-state index in [1.807, 2.05) is 71.9 Å². The fourth-order valence-electron chi connectivity index (χ4n) is 20.5. The summed E-state index contributed by atoms with van der Waals surface area (Å²) < 4.78 is 114. The number of hydroxylamine groups is 8. The fourth-order valence-corrected chi connectivity index (χ4v) is 21.3. The number of quaternary nitrogens is 1. The SMILES string of the molecule is CC(C)(C)OC(=O)N(Cc1nnc([C@@H]2CC[C@@H]3CN2C(=O)N3O)o1)C1CCCC1.CC(C)(C)OC(=O)N(Cc1nnc([C@@H]2CC[C@@H]3CN2C(=O)N3OCc2ccccc2)o1)C1CCCC1.CC(C)(C)OC(=O)N(Cc1nnc([C@@H]2CC[C@@H]3CN2C(=O)N3OS(=O)(=O)[O-])o1)C1CCCC1.CCCC[N+](CCCC)(CCCC)CCCC.O=C1N2C[C@@H](CC[C@H]2c2nnc(CN[C@@H]3CCNC3)o2)N1OS(=O)(=O)O. The van der Waals surface area contributed by atoms with Crippen LogP contribution in [0.15, 0.2) is 48.0 Å². The van der Waals surface area contributed by atoms with Gasteiger partial charge in [-0.05, 0) is 196 Å². The predicted molar refractivity (Wildman–Crippen MR) is 502 cm³/mol. The Labute approximate surface area is 826 Å². The van der Waals surface area contributed by atoms with Gasteiger partial charge in [-0.2, -0.15) is 27.9 Å². The lowest BCUT2D eigenvalue weighted by Gasteiger charge is -2.39. The first kappa shape index (κ1) is 108. The normalized spacial score (nSPS) is 23.2. The van der Waals surface area contributed by atoms with E-state index >= 15 is 0 Å². The second-order valence-electron chi connectivity index (χ2n) is 41.8. The number of nitrogens with zero attached hydrogens (tertiary/aromatic N) is 20. The smallest absolute Gasteiger partial charge is 0.418 e. The number of rotatable bonds is 35. The van der Waals surface area contributed by atoms with E-state index in [1.165, 1.54) is 96.9 Å². The Balaban J connectivity index is 0.000000151. The van der Waals surface area contributed by atoms with Crippen molar-refractivity contribution in [2.75, 3.05) is 65.4 Å². The van der Waals surface area contributed by atoms with Gasteiger partial charge in [0, 0.05) is 56.9 Å². The number of piperidine rings is 4. The lowest BCUT2D eigenvalue weighted by molar-refractivity contribution is -0.929. The minimum Gasteiger partial charge on any atom is -0.724 e. The van der Waals surface area contributed by atoms with Crippen molar-refractivity contribution in [1.82, 2.24) is 106 Å². The van der Waals surface area contributed by atoms with Crippen LogP contribution >= 0.6 is 0 Å². The van der Waals surface area contributed by atoms with E-state index in [-0.39, 0.29) is 105 Å². The molecule has 3 saturated carbocycles. The number of amides is 11. The summed E-state index contributed by atoms with van der Waals surface area (Å²) >= 11 is 0. The van der Waals surface area contributed by atoms with Crippen LogP contribution in [0.5, 0.6) is 0 Å². The first-order chi connectivity index (χ1) is 67.1. The number of ether oxygens (including phenoxy) is 3. The molecule has 786 valence electrons. The Bertz CT molecular complexity index is 5110. The van der Waals surface area contributed by atoms with Crippen molar-refractivity contribution in [3.63, 3.8) is 0 Å². The summed E-state index contributed by atoms with van der Waals surface area (Å²) in [7, 11) is -9.83. The molecule has 5 aromatic rings. The van der Waals surface area contributed by atoms with Crippen LogP contribution in [0.2, 0.25) is 0 Å². The monoisotopic (exact) mass is 2020 g/mol. The molecule has 1 aromatic carbocycles. The third kappa shape index (κ3) is 29.5. The van der Waals surface area contributed by atoms with Crippen LogP contribution in [0.4, 0.5) is 33.6 Å². The number of fused-ring (bicyclic) bond motifs is 8. The quantitative estimate of drug-likeness (QED) is 0.00962. The highest BCUT2D eigenvalue weighted by Gasteiger charge is 2.54. The Morgan fingerprint density at radius 1 is 0.461 bits per heavy atom. The Hall–Kier alpha value is -9.79. The van der Waals surface area contributed by atoms with Gasteiger partial charge in [0.05, 0.1) is 56.9 Å². The maximum absolute atomic E-state index is 13.1. The molecule has 11 amide bonds. The second-order valence-corrected chi connectivity index (χ2v) is 43.8. The molecule has 3 aliphatic carbocycles. The number of nitrogens with one attached hydrogen (secondary N) is 2. The first-order valence-corrected chi connectivity index (χ1v) is 53.4. The van der Waals surface area contributed by atoms with Crippen LogP contribution in [0.1, 0.15) is 353 Å². The van der Waals surface area contributed by atoms with Gasteiger partial charge < -0.3 is 71.1 Å². The highest BCUT2D eigenvalue weighted by Crippen LogP contribution is 2.44. The van der Waals surface area contributed by atoms with Crippen molar-refractivity contribution in [3.8, 4) is 0 Å². The highest BCUT2D eigenvalue weighted by molar-refractivity contribution is 7.81. The van der Waals surface area contributed by atoms with Gasteiger partial charge in [-0.3, -0.25) is 29.3 Å². The molecule has 9 atom stereocenters. The number of benzene rings is 1. The van der Waals surface area contributed by atoms with E-state index in [0.29, 0.717) is 123 Å². The minimum absolute atomic E-state index is 0.00452. The van der Waals surface area contributed by atoms with E-state index < -0.39 is 86.0 Å². The topological polar surface area (TPSA) is 522 Å². The molecule has 17 rings (SSSR count). The molecule has 0 unspecified atom stereocenters. The zero-order valence-electron chi connectivity index (χ0n) is 84.1. The second kappa shape index (κ2) is 48.3. The van der Waals surface area contributed by atoms with E-state index in [0.717, 1.165) is 114 Å². The Kier molecular flexibility index (Phi) is 37.1. The van der Waals surface area contributed by atoms with Gasteiger partial charge in [-0.15, -0.1) is 45.1 Å². The maximum Gasteiger partial charge on any atom is 0.418 e. The summed E-state index contributed by atoms with van der Waals surface area (Å²) in [5.41, 5.74) is -0.804. The molecule has 0 spiro atoms. The highest BCUT2D eigenvalue weighted by atomic mass is 32.3. The zero-order valence-corrected chi connectivity index (χ0v) is 85.7. The van der Waals surface area contributed by atoms with Crippen molar-refractivity contribution in [3.05, 3.63) is 83.0 Å². The van der Waals surface area contributed by atoms with Crippen molar-refractivity contribution < 1.29 is 114 Å². The zero-order chi connectivity index (χ0) is 101.